The molecule has 1 heterocycles. The van der Waals surface area contributed by atoms with Crippen LogP contribution in [-0.4, -0.2) is 31.7 Å². The Morgan fingerprint density at radius 1 is 1.63 bits per heavy atom. The van der Waals surface area contributed by atoms with E-state index >= 15 is 0 Å². The van der Waals surface area contributed by atoms with Gasteiger partial charge in [-0.15, -0.1) is 0 Å². The zero-order chi connectivity index (χ0) is 13.8. The molecule has 19 heavy (non-hydrogen) atoms. The van der Waals surface area contributed by atoms with Gasteiger partial charge in [-0.25, -0.2) is 4.39 Å². The average Bonchev–Trinajstić information content (AvgIpc) is 2.37. The van der Waals surface area contributed by atoms with Crippen molar-refractivity contribution >= 4 is 27.5 Å². The Balaban J connectivity index is 1.96. The molecule has 1 atom stereocenters. The normalized spacial score (nSPS) is 19.2. The van der Waals surface area contributed by atoms with E-state index in [-0.39, 0.29) is 18.4 Å². The number of ether oxygens (including phenoxy) is 1. The quantitative estimate of drug-likeness (QED) is 0.893. The van der Waals surface area contributed by atoms with Gasteiger partial charge in [-0.1, -0.05) is 0 Å². The minimum Gasteiger partial charge on any atom is -0.375 e. The molecule has 1 aromatic rings. The van der Waals surface area contributed by atoms with Crippen LogP contribution < -0.4 is 10.6 Å². The number of aryl methyl sites for hydroxylation is 1. The monoisotopic (exact) mass is 330 g/mol. The Bertz CT molecular complexity index is 476. The molecule has 2 N–H and O–H groups in total. The fourth-order valence-electron chi connectivity index (χ4n) is 1.94. The standard InChI is InChI=1S/C13H16BrFN2O2/c1-8-4-10(14)11(15)6-12(8)17-13(18)5-9-7-16-2-3-19-9/h4,6,9,16H,2-3,5,7H2,1H3,(H,17,18). The summed E-state index contributed by atoms with van der Waals surface area (Å²) in [4.78, 5) is 11.9. The van der Waals surface area contributed by atoms with E-state index < -0.39 is 5.82 Å². The van der Waals surface area contributed by atoms with Crippen LogP contribution in [0.15, 0.2) is 16.6 Å². The van der Waals surface area contributed by atoms with Crippen molar-refractivity contribution in [1.82, 2.24) is 5.32 Å². The number of hydrogen-bond donors (Lipinski definition) is 2. The van der Waals surface area contributed by atoms with Gasteiger partial charge in [0.05, 0.1) is 23.6 Å². The molecule has 4 nitrogen and oxygen atoms in total. The van der Waals surface area contributed by atoms with Gasteiger partial charge in [0.15, 0.2) is 0 Å². The second-order valence-corrected chi connectivity index (χ2v) is 5.38. The van der Waals surface area contributed by atoms with Crippen molar-refractivity contribution in [2.24, 2.45) is 0 Å². The maximum Gasteiger partial charge on any atom is 0.227 e. The fourth-order valence-corrected chi connectivity index (χ4v) is 2.40. The summed E-state index contributed by atoms with van der Waals surface area (Å²) >= 11 is 3.11. The maximum absolute atomic E-state index is 13.4. The molecule has 1 amide bonds. The summed E-state index contributed by atoms with van der Waals surface area (Å²) in [5, 5.41) is 5.88. The highest BCUT2D eigenvalue weighted by Gasteiger charge is 2.18. The molecule has 0 aromatic heterocycles. The number of morpholine rings is 1. The fraction of sp³-hybridized carbons (Fsp3) is 0.462. The average molecular weight is 331 g/mol. The lowest BCUT2D eigenvalue weighted by molar-refractivity contribution is -0.119. The summed E-state index contributed by atoms with van der Waals surface area (Å²) in [5.74, 6) is -0.560. The number of nitrogens with one attached hydrogen (secondary N) is 2. The van der Waals surface area contributed by atoms with E-state index in [4.69, 9.17) is 4.74 Å². The summed E-state index contributed by atoms with van der Waals surface area (Å²) in [5.41, 5.74) is 1.30. The van der Waals surface area contributed by atoms with Crippen molar-refractivity contribution in [3.63, 3.8) is 0 Å². The van der Waals surface area contributed by atoms with Crippen molar-refractivity contribution in [2.75, 3.05) is 25.0 Å². The smallest absolute Gasteiger partial charge is 0.227 e. The number of halogens is 2. The van der Waals surface area contributed by atoms with Crippen LogP contribution in [0.25, 0.3) is 0 Å². The van der Waals surface area contributed by atoms with E-state index in [1.54, 1.807) is 6.07 Å². The zero-order valence-electron chi connectivity index (χ0n) is 10.6. The van der Waals surface area contributed by atoms with Gasteiger partial charge in [0, 0.05) is 18.8 Å². The summed E-state index contributed by atoms with van der Waals surface area (Å²) < 4.78 is 19.3. The first-order chi connectivity index (χ1) is 9.06. The van der Waals surface area contributed by atoms with Crippen molar-refractivity contribution in [2.45, 2.75) is 19.4 Å². The number of hydrogen-bond acceptors (Lipinski definition) is 3. The molecule has 1 aliphatic rings. The molecule has 1 saturated heterocycles. The summed E-state index contributed by atoms with van der Waals surface area (Å²) in [7, 11) is 0. The number of carbonyl (C=O) groups excluding carboxylic acids is 1. The minimum absolute atomic E-state index is 0.116. The van der Waals surface area contributed by atoms with Crippen LogP contribution in [-0.2, 0) is 9.53 Å². The summed E-state index contributed by atoms with van der Waals surface area (Å²) in [6.45, 7) is 3.92. The Kier molecular flexibility index (Phi) is 4.90. The lowest BCUT2D eigenvalue weighted by Crippen LogP contribution is -2.40. The minimum atomic E-state index is -0.392. The lowest BCUT2D eigenvalue weighted by atomic mass is 10.1. The third-order valence-electron chi connectivity index (χ3n) is 2.96. The first kappa shape index (κ1) is 14.4. The van der Waals surface area contributed by atoms with Crippen molar-refractivity contribution in [3.05, 3.63) is 28.0 Å². The molecule has 1 fully saturated rings. The van der Waals surface area contributed by atoms with Crippen LogP contribution in [0.1, 0.15) is 12.0 Å². The Hall–Kier alpha value is -0.980. The van der Waals surface area contributed by atoms with Gasteiger partial charge in [0.1, 0.15) is 5.82 Å². The molecule has 1 unspecified atom stereocenters. The van der Waals surface area contributed by atoms with Gasteiger partial charge in [-0.3, -0.25) is 4.79 Å². The first-order valence-electron chi connectivity index (χ1n) is 6.14. The Morgan fingerprint density at radius 2 is 2.42 bits per heavy atom. The zero-order valence-corrected chi connectivity index (χ0v) is 12.2. The van der Waals surface area contributed by atoms with Crippen molar-refractivity contribution in [1.29, 1.82) is 0 Å². The van der Waals surface area contributed by atoms with E-state index in [0.717, 1.165) is 12.1 Å². The van der Waals surface area contributed by atoms with Crippen LogP contribution in [0.3, 0.4) is 0 Å². The summed E-state index contributed by atoms with van der Waals surface area (Å²) in [6.07, 6.45) is 0.152. The number of carbonyl (C=O) groups is 1. The largest absolute Gasteiger partial charge is 0.375 e. The van der Waals surface area contributed by atoms with E-state index in [2.05, 4.69) is 26.6 Å². The number of benzene rings is 1. The highest BCUT2D eigenvalue weighted by Crippen LogP contribution is 2.24. The molecule has 1 aliphatic heterocycles. The molecule has 0 spiro atoms. The Morgan fingerprint density at radius 3 is 3.11 bits per heavy atom. The van der Waals surface area contributed by atoms with E-state index in [1.807, 2.05) is 6.92 Å². The van der Waals surface area contributed by atoms with Crippen LogP contribution >= 0.6 is 15.9 Å². The highest BCUT2D eigenvalue weighted by molar-refractivity contribution is 9.10. The van der Waals surface area contributed by atoms with Crippen molar-refractivity contribution in [3.8, 4) is 0 Å². The predicted molar refractivity (Wildman–Crippen MR) is 74.7 cm³/mol. The molecular weight excluding hydrogens is 315 g/mol. The highest BCUT2D eigenvalue weighted by atomic mass is 79.9. The van der Waals surface area contributed by atoms with Gasteiger partial charge < -0.3 is 15.4 Å². The number of amides is 1. The van der Waals surface area contributed by atoms with Crippen LogP contribution in [0.2, 0.25) is 0 Å². The SMILES string of the molecule is Cc1cc(Br)c(F)cc1NC(=O)CC1CNCCO1. The van der Waals surface area contributed by atoms with E-state index in [1.165, 1.54) is 6.07 Å². The van der Waals surface area contributed by atoms with E-state index in [9.17, 15) is 9.18 Å². The Labute approximate surface area is 119 Å². The van der Waals surface area contributed by atoms with Crippen LogP contribution in [0.5, 0.6) is 0 Å². The van der Waals surface area contributed by atoms with Gasteiger partial charge >= 0.3 is 0 Å². The predicted octanol–water partition coefficient (Wildman–Crippen LogP) is 2.21. The second-order valence-electron chi connectivity index (χ2n) is 4.53. The molecule has 1 aromatic carbocycles. The first-order valence-corrected chi connectivity index (χ1v) is 6.93. The number of rotatable bonds is 3. The molecule has 0 bridgehead atoms. The molecule has 0 aliphatic carbocycles. The summed E-state index contributed by atoms with van der Waals surface area (Å²) in [6, 6.07) is 2.96. The van der Waals surface area contributed by atoms with Crippen molar-refractivity contribution < 1.29 is 13.9 Å². The molecule has 0 radical (unpaired) electrons. The van der Waals surface area contributed by atoms with E-state index in [0.29, 0.717) is 23.3 Å². The van der Waals surface area contributed by atoms with Crippen LogP contribution in [0.4, 0.5) is 10.1 Å². The number of anilines is 1. The third kappa shape index (κ3) is 3.99. The van der Waals surface area contributed by atoms with Gasteiger partial charge in [0.25, 0.3) is 0 Å². The molecular formula is C13H16BrFN2O2. The van der Waals surface area contributed by atoms with Gasteiger partial charge in [0.2, 0.25) is 5.91 Å². The lowest BCUT2D eigenvalue weighted by Gasteiger charge is -2.23. The molecule has 0 saturated carbocycles. The van der Waals surface area contributed by atoms with Gasteiger partial charge in [-0.2, -0.15) is 0 Å². The second kappa shape index (κ2) is 6.45. The van der Waals surface area contributed by atoms with Gasteiger partial charge in [-0.05, 0) is 40.5 Å². The topological polar surface area (TPSA) is 50.4 Å². The molecule has 6 heteroatoms. The van der Waals surface area contributed by atoms with Crippen LogP contribution in [0, 0.1) is 12.7 Å². The maximum atomic E-state index is 13.4. The molecule has 104 valence electrons. The third-order valence-corrected chi connectivity index (χ3v) is 3.57. The molecule has 2 rings (SSSR count).